The third-order valence-electron chi connectivity index (χ3n) is 6.67. The van der Waals surface area contributed by atoms with Crippen LogP contribution in [0.4, 0.5) is 5.69 Å². The maximum absolute atomic E-state index is 13.6. The smallest absolute Gasteiger partial charge is 0.264 e. The normalized spacial score (nSPS) is 11.6. The van der Waals surface area contributed by atoms with Crippen molar-refractivity contribution in [3.05, 3.63) is 111 Å². The first kappa shape index (κ1) is 28.1. The maximum Gasteiger partial charge on any atom is 0.264 e. The number of hydrogen-bond donors (Lipinski definition) is 1. The van der Waals surface area contributed by atoms with E-state index in [0.29, 0.717) is 16.3 Å². The predicted molar refractivity (Wildman–Crippen MR) is 158 cm³/mol. The van der Waals surface area contributed by atoms with E-state index < -0.39 is 22.5 Å². The highest BCUT2D eigenvalue weighted by Crippen LogP contribution is 2.29. The molecular formula is C30H31ClN4O3S. The summed E-state index contributed by atoms with van der Waals surface area (Å²) in [5.41, 5.74) is 9.78. The van der Waals surface area contributed by atoms with E-state index in [-0.39, 0.29) is 4.90 Å². The first-order chi connectivity index (χ1) is 18.5. The molecule has 1 aromatic heterocycles. The van der Waals surface area contributed by atoms with Crippen LogP contribution in [-0.2, 0) is 14.8 Å². The fourth-order valence-corrected chi connectivity index (χ4v) is 6.06. The van der Waals surface area contributed by atoms with Gasteiger partial charge in [-0.15, -0.1) is 0 Å². The summed E-state index contributed by atoms with van der Waals surface area (Å²) < 4.78 is 30.3. The van der Waals surface area contributed by atoms with E-state index in [4.69, 9.17) is 11.6 Å². The van der Waals surface area contributed by atoms with Crippen molar-refractivity contribution in [1.82, 2.24) is 9.99 Å². The van der Waals surface area contributed by atoms with Gasteiger partial charge in [0.25, 0.3) is 15.9 Å². The number of aryl methyl sites for hydroxylation is 4. The Kier molecular flexibility index (Phi) is 8.28. The van der Waals surface area contributed by atoms with Gasteiger partial charge in [-0.3, -0.25) is 9.10 Å². The summed E-state index contributed by atoms with van der Waals surface area (Å²) in [4.78, 5) is 13.0. The van der Waals surface area contributed by atoms with Gasteiger partial charge in [0.15, 0.2) is 0 Å². The molecule has 4 rings (SSSR count). The minimum absolute atomic E-state index is 0.0689. The van der Waals surface area contributed by atoms with Gasteiger partial charge >= 0.3 is 0 Å². The largest absolute Gasteiger partial charge is 0.318 e. The van der Waals surface area contributed by atoms with E-state index >= 15 is 0 Å². The van der Waals surface area contributed by atoms with Gasteiger partial charge < -0.3 is 4.57 Å². The fourth-order valence-electron chi connectivity index (χ4n) is 4.39. The lowest BCUT2D eigenvalue weighted by molar-refractivity contribution is -0.119. The molecule has 3 aromatic carbocycles. The number of hydrazone groups is 1. The molecule has 1 N–H and O–H groups in total. The quantitative estimate of drug-likeness (QED) is 0.210. The van der Waals surface area contributed by atoms with E-state index in [1.54, 1.807) is 43.5 Å². The topological polar surface area (TPSA) is 83.8 Å². The van der Waals surface area contributed by atoms with Crippen LogP contribution < -0.4 is 9.73 Å². The molecule has 39 heavy (non-hydrogen) atoms. The molecular weight excluding hydrogens is 532 g/mol. The molecule has 202 valence electrons. The predicted octanol–water partition coefficient (Wildman–Crippen LogP) is 6.02. The number of sulfonamides is 1. The summed E-state index contributed by atoms with van der Waals surface area (Å²) in [6.45, 7) is 9.45. The number of rotatable bonds is 8. The van der Waals surface area contributed by atoms with Gasteiger partial charge in [-0.2, -0.15) is 5.10 Å². The SMILES string of the molecule is Cc1ccc(-n2c(C)cc(/C=N/NC(=O)CN(c3cc(Cl)ccc3C)S(=O)(=O)c3ccccc3)c2C)cc1C. The van der Waals surface area contributed by atoms with Crippen molar-refractivity contribution in [2.45, 2.75) is 39.5 Å². The summed E-state index contributed by atoms with van der Waals surface area (Å²) in [5, 5.41) is 4.50. The molecule has 0 spiro atoms. The Bertz CT molecular complexity index is 1660. The van der Waals surface area contributed by atoms with Gasteiger partial charge in [-0.1, -0.05) is 41.9 Å². The zero-order valence-electron chi connectivity index (χ0n) is 22.6. The molecule has 7 nitrogen and oxygen atoms in total. The van der Waals surface area contributed by atoms with Crippen LogP contribution in [0.3, 0.4) is 0 Å². The molecule has 0 saturated carbocycles. The van der Waals surface area contributed by atoms with E-state index in [1.807, 2.05) is 19.9 Å². The van der Waals surface area contributed by atoms with Gasteiger partial charge in [0, 0.05) is 27.7 Å². The van der Waals surface area contributed by atoms with Crippen LogP contribution in [0.1, 0.15) is 33.6 Å². The second-order valence-corrected chi connectivity index (χ2v) is 11.8. The van der Waals surface area contributed by atoms with E-state index in [9.17, 15) is 13.2 Å². The van der Waals surface area contributed by atoms with Crippen LogP contribution in [0.15, 0.2) is 82.8 Å². The molecule has 1 amide bonds. The lowest BCUT2D eigenvalue weighted by Gasteiger charge is -2.25. The Morgan fingerprint density at radius 2 is 1.62 bits per heavy atom. The Balaban J connectivity index is 1.58. The Morgan fingerprint density at radius 3 is 2.31 bits per heavy atom. The number of nitrogens with zero attached hydrogens (tertiary/aromatic N) is 3. The first-order valence-electron chi connectivity index (χ1n) is 12.4. The summed E-state index contributed by atoms with van der Waals surface area (Å²) in [7, 11) is -4.05. The molecule has 0 bridgehead atoms. The second-order valence-electron chi connectivity index (χ2n) is 9.48. The van der Waals surface area contributed by atoms with Crippen molar-refractivity contribution in [3.8, 4) is 5.69 Å². The highest BCUT2D eigenvalue weighted by Gasteiger charge is 2.28. The molecule has 9 heteroatoms. The Morgan fingerprint density at radius 1 is 0.923 bits per heavy atom. The average molecular weight is 563 g/mol. The standard InChI is InChI=1S/C30H31ClN4O3S/c1-20-12-14-27(15-22(20)3)35-23(4)16-25(24(35)5)18-32-33-30(36)19-34(29-17-26(31)13-11-21(29)2)39(37,38)28-9-7-6-8-10-28/h6-18H,19H2,1-5H3,(H,33,36)/b32-18+. The number of benzene rings is 3. The number of halogens is 1. The zero-order valence-corrected chi connectivity index (χ0v) is 24.1. The highest BCUT2D eigenvalue weighted by molar-refractivity contribution is 7.92. The van der Waals surface area contributed by atoms with Crippen LogP contribution in [0.25, 0.3) is 5.69 Å². The number of carbonyl (C=O) groups is 1. The summed E-state index contributed by atoms with van der Waals surface area (Å²) in [6, 6.07) is 21.2. The van der Waals surface area contributed by atoms with Crippen molar-refractivity contribution in [2.24, 2.45) is 5.10 Å². The molecule has 0 aliphatic rings. The molecule has 0 aliphatic heterocycles. The van der Waals surface area contributed by atoms with E-state index in [1.165, 1.54) is 29.3 Å². The van der Waals surface area contributed by atoms with Crippen LogP contribution in [0.5, 0.6) is 0 Å². The molecule has 0 unspecified atom stereocenters. The molecule has 0 aliphatic carbocycles. The van der Waals surface area contributed by atoms with Gasteiger partial charge in [0.1, 0.15) is 6.54 Å². The van der Waals surface area contributed by atoms with Crippen LogP contribution in [-0.4, -0.2) is 31.7 Å². The molecule has 4 aromatic rings. The van der Waals surface area contributed by atoms with Gasteiger partial charge in [-0.25, -0.2) is 13.8 Å². The molecule has 0 atom stereocenters. The van der Waals surface area contributed by atoms with Crippen molar-refractivity contribution in [1.29, 1.82) is 0 Å². The molecule has 0 fully saturated rings. The van der Waals surface area contributed by atoms with Crippen molar-refractivity contribution in [2.75, 3.05) is 10.8 Å². The minimum Gasteiger partial charge on any atom is -0.318 e. The number of anilines is 1. The molecule has 0 radical (unpaired) electrons. The van der Waals surface area contributed by atoms with Crippen LogP contribution >= 0.6 is 11.6 Å². The number of amides is 1. The number of hydrogen-bond acceptors (Lipinski definition) is 4. The van der Waals surface area contributed by atoms with Crippen molar-refractivity contribution < 1.29 is 13.2 Å². The maximum atomic E-state index is 13.6. The summed E-state index contributed by atoms with van der Waals surface area (Å²) in [5.74, 6) is -0.590. The Hall–Kier alpha value is -3.88. The molecule has 1 heterocycles. The van der Waals surface area contributed by atoms with Crippen molar-refractivity contribution >= 4 is 39.4 Å². The number of nitrogens with one attached hydrogen (secondary N) is 1. The second kappa shape index (κ2) is 11.5. The van der Waals surface area contributed by atoms with Gasteiger partial charge in [-0.05, 0) is 93.8 Å². The summed E-state index contributed by atoms with van der Waals surface area (Å²) >= 11 is 6.19. The van der Waals surface area contributed by atoms with Crippen LogP contribution in [0, 0.1) is 34.6 Å². The fraction of sp³-hybridized carbons (Fsp3) is 0.200. The zero-order chi connectivity index (χ0) is 28.3. The van der Waals surface area contributed by atoms with Gasteiger partial charge in [0.2, 0.25) is 0 Å². The van der Waals surface area contributed by atoms with E-state index in [2.05, 4.69) is 47.1 Å². The number of carbonyl (C=O) groups excluding carboxylic acids is 1. The van der Waals surface area contributed by atoms with Gasteiger partial charge in [0.05, 0.1) is 16.8 Å². The highest BCUT2D eigenvalue weighted by atomic mass is 35.5. The Labute approximate surface area is 234 Å². The third kappa shape index (κ3) is 6.08. The first-order valence-corrected chi connectivity index (χ1v) is 14.2. The van der Waals surface area contributed by atoms with E-state index in [0.717, 1.165) is 26.9 Å². The average Bonchev–Trinajstić information content (AvgIpc) is 3.18. The third-order valence-corrected chi connectivity index (χ3v) is 8.68. The molecule has 0 saturated heterocycles. The lowest BCUT2D eigenvalue weighted by Crippen LogP contribution is -2.40. The van der Waals surface area contributed by atoms with Crippen LogP contribution in [0.2, 0.25) is 5.02 Å². The minimum atomic E-state index is -4.05. The monoisotopic (exact) mass is 562 g/mol. The number of aromatic nitrogens is 1. The summed E-state index contributed by atoms with van der Waals surface area (Å²) in [6.07, 6.45) is 1.57. The lowest BCUT2D eigenvalue weighted by atomic mass is 10.1. The van der Waals surface area contributed by atoms with Crippen molar-refractivity contribution in [3.63, 3.8) is 0 Å².